The third-order valence-corrected chi connectivity index (χ3v) is 5.46. The van der Waals surface area contributed by atoms with E-state index in [0.29, 0.717) is 6.04 Å². The van der Waals surface area contributed by atoms with Gasteiger partial charge in [0.25, 0.3) is 0 Å². The molecule has 3 unspecified atom stereocenters. The summed E-state index contributed by atoms with van der Waals surface area (Å²) in [6, 6.07) is 7.62. The van der Waals surface area contributed by atoms with E-state index in [1.54, 1.807) is 13.1 Å². The van der Waals surface area contributed by atoms with Gasteiger partial charge in [-0.25, -0.2) is 4.39 Å². The van der Waals surface area contributed by atoms with Crippen molar-refractivity contribution in [3.63, 3.8) is 0 Å². The maximum atomic E-state index is 14.0. The Morgan fingerprint density at radius 2 is 2.11 bits per heavy atom. The summed E-state index contributed by atoms with van der Waals surface area (Å²) in [6.07, 6.45) is 7.15. The molecular weight excluding hydrogens is 470 g/mol. The Hall–Kier alpha value is -1.84. The molecule has 1 aliphatic carbocycles. The summed E-state index contributed by atoms with van der Waals surface area (Å²) in [5.41, 5.74) is 1.96. The number of hydrogen-bond donors (Lipinski definition) is 2. The van der Waals surface area contributed by atoms with E-state index in [0.717, 1.165) is 49.6 Å². The van der Waals surface area contributed by atoms with Crippen molar-refractivity contribution in [1.29, 1.82) is 0 Å². The van der Waals surface area contributed by atoms with Crippen LogP contribution in [0.2, 0.25) is 0 Å². The molecule has 0 spiro atoms. The van der Waals surface area contributed by atoms with E-state index in [4.69, 9.17) is 0 Å². The minimum atomic E-state index is -0.117. The molecule has 28 heavy (non-hydrogen) atoms. The van der Waals surface area contributed by atoms with Crippen LogP contribution in [-0.4, -0.2) is 48.0 Å². The largest absolute Gasteiger partial charge is 0.367 e. The van der Waals surface area contributed by atoms with Gasteiger partial charge in [-0.1, -0.05) is 18.2 Å². The van der Waals surface area contributed by atoms with Crippen LogP contribution in [0.5, 0.6) is 0 Å². The number of aromatic nitrogens is 2. The highest BCUT2D eigenvalue weighted by Gasteiger charge is 2.40. The van der Waals surface area contributed by atoms with Crippen molar-refractivity contribution < 1.29 is 4.39 Å². The Balaban J connectivity index is 0.00000225. The monoisotopic (exact) mass is 498 g/mol. The Kier molecular flexibility index (Phi) is 6.79. The van der Waals surface area contributed by atoms with Crippen LogP contribution in [0.15, 0.2) is 41.7 Å². The second-order valence-electron chi connectivity index (χ2n) is 7.49. The molecule has 8 heteroatoms. The van der Waals surface area contributed by atoms with Gasteiger partial charge in [-0.05, 0) is 30.9 Å². The molecule has 1 aliphatic heterocycles. The molecule has 2 aliphatic rings. The molecule has 2 fully saturated rings. The second kappa shape index (κ2) is 9.11. The molecule has 1 aromatic carbocycles. The fraction of sp³-hybridized carbons (Fsp3) is 0.500. The van der Waals surface area contributed by atoms with Crippen molar-refractivity contribution in [2.24, 2.45) is 12.0 Å². The van der Waals surface area contributed by atoms with Gasteiger partial charge in [0, 0.05) is 51.4 Å². The van der Waals surface area contributed by atoms with Gasteiger partial charge in [-0.15, -0.1) is 24.0 Å². The number of guanidine groups is 1. The van der Waals surface area contributed by atoms with Gasteiger partial charge in [0.1, 0.15) is 5.82 Å². The summed E-state index contributed by atoms with van der Waals surface area (Å²) in [6.45, 7) is 1.97. The number of rotatable bonds is 4. The smallest absolute Gasteiger partial charge is 0.191 e. The number of hydrogen-bond acceptors (Lipinski definition) is 3. The van der Waals surface area contributed by atoms with E-state index in [9.17, 15) is 4.39 Å². The standard InChI is InChI=1S/C20H27FN6.HI/c1-22-20(25-19-10-17(19)16-7-3-4-8-18(16)21)24-14-6-5-9-27(12-14)15-11-23-26(2)13-15;/h3-4,7-8,11,13-14,17,19H,5-6,9-10,12H2,1-2H3,(H2,22,24,25);1H. The highest BCUT2D eigenvalue weighted by atomic mass is 127. The molecule has 0 radical (unpaired) electrons. The third-order valence-electron chi connectivity index (χ3n) is 5.46. The van der Waals surface area contributed by atoms with E-state index >= 15 is 0 Å². The summed E-state index contributed by atoms with van der Waals surface area (Å²) >= 11 is 0. The van der Waals surface area contributed by atoms with Crippen LogP contribution in [0.1, 0.15) is 30.7 Å². The molecular formula is C20H28FIN6. The number of benzene rings is 1. The van der Waals surface area contributed by atoms with E-state index in [1.165, 1.54) is 6.07 Å². The lowest BCUT2D eigenvalue weighted by molar-refractivity contribution is 0.467. The number of halogens is 2. The highest BCUT2D eigenvalue weighted by molar-refractivity contribution is 14.0. The van der Waals surface area contributed by atoms with Crippen molar-refractivity contribution in [2.75, 3.05) is 25.0 Å². The van der Waals surface area contributed by atoms with Gasteiger partial charge in [0.2, 0.25) is 0 Å². The first kappa shape index (κ1) is 20.9. The van der Waals surface area contributed by atoms with Crippen molar-refractivity contribution >= 4 is 35.6 Å². The summed E-state index contributed by atoms with van der Waals surface area (Å²) < 4.78 is 15.8. The van der Waals surface area contributed by atoms with Crippen LogP contribution in [0.25, 0.3) is 0 Å². The number of nitrogens with one attached hydrogen (secondary N) is 2. The molecule has 2 N–H and O–H groups in total. The van der Waals surface area contributed by atoms with Crippen LogP contribution in [0, 0.1) is 5.82 Å². The Morgan fingerprint density at radius 1 is 1.29 bits per heavy atom. The number of nitrogens with zero attached hydrogens (tertiary/aromatic N) is 4. The average molecular weight is 498 g/mol. The predicted molar refractivity (Wildman–Crippen MR) is 121 cm³/mol. The van der Waals surface area contributed by atoms with Crippen molar-refractivity contribution in [2.45, 2.75) is 37.3 Å². The minimum absolute atomic E-state index is 0. The van der Waals surface area contributed by atoms with E-state index in [1.807, 2.05) is 30.1 Å². The van der Waals surface area contributed by atoms with Crippen LogP contribution >= 0.6 is 24.0 Å². The Morgan fingerprint density at radius 3 is 2.82 bits per heavy atom. The first-order valence-corrected chi connectivity index (χ1v) is 9.62. The quantitative estimate of drug-likeness (QED) is 0.387. The molecule has 1 saturated heterocycles. The van der Waals surface area contributed by atoms with Crippen LogP contribution in [-0.2, 0) is 7.05 Å². The van der Waals surface area contributed by atoms with Gasteiger partial charge in [-0.2, -0.15) is 5.10 Å². The number of aliphatic imine (C=N–C) groups is 1. The summed E-state index contributed by atoms with van der Waals surface area (Å²) in [7, 11) is 3.73. The van der Waals surface area contributed by atoms with Crippen molar-refractivity contribution in [1.82, 2.24) is 20.4 Å². The van der Waals surface area contributed by atoms with Crippen LogP contribution < -0.4 is 15.5 Å². The molecule has 4 rings (SSSR count). The number of anilines is 1. The van der Waals surface area contributed by atoms with Gasteiger partial charge in [-0.3, -0.25) is 9.67 Å². The first-order valence-electron chi connectivity index (χ1n) is 9.62. The van der Waals surface area contributed by atoms with Gasteiger partial charge in [0.05, 0.1) is 11.9 Å². The molecule has 3 atom stereocenters. The molecule has 152 valence electrons. The van der Waals surface area contributed by atoms with E-state index < -0.39 is 0 Å². The SMILES string of the molecule is CN=C(NC1CCCN(c2cnn(C)c2)C1)NC1CC1c1ccccc1F.I. The fourth-order valence-corrected chi connectivity index (χ4v) is 3.91. The molecule has 1 saturated carbocycles. The second-order valence-corrected chi connectivity index (χ2v) is 7.49. The zero-order valence-electron chi connectivity index (χ0n) is 16.3. The van der Waals surface area contributed by atoms with E-state index in [2.05, 4.69) is 31.8 Å². The minimum Gasteiger partial charge on any atom is -0.367 e. The van der Waals surface area contributed by atoms with Crippen molar-refractivity contribution in [3.05, 3.63) is 48.0 Å². The van der Waals surface area contributed by atoms with Crippen LogP contribution in [0.3, 0.4) is 0 Å². The average Bonchev–Trinajstić information content (AvgIpc) is 3.30. The van der Waals surface area contributed by atoms with E-state index in [-0.39, 0.29) is 41.8 Å². The number of aryl methyl sites for hydroxylation is 1. The predicted octanol–water partition coefficient (Wildman–Crippen LogP) is 2.87. The lowest BCUT2D eigenvalue weighted by Crippen LogP contribution is -2.51. The molecule has 6 nitrogen and oxygen atoms in total. The van der Waals surface area contributed by atoms with Gasteiger partial charge < -0.3 is 15.5 Å². The third kappa shape index (κ3) is 4.76. The highest BCUT2D eigenvalue weighted by Crippen LogP contribution is 2.41. The molecule has 1 aromatic heterocycles. The molecule has 0 bridgehead atoms. The Labute approximate surface area is 182 Å². The summed E-state index contributed by atoms with van der Waals surface area (Å²) in [5, 5.41) is 11.3. The van der Waals surface area contributed by atoms with Crippen molar-refractivity contribution in [3.8, 4) is 0 Å². The van der Waals surface area contributed by atoms with Gasteiger partial charge in [0.15, 0.2) is 5.96 Å². The summed E-state index contributed by atoms with van der Waals surface area (Å²) in [5.74, 6) is 0.911. The maximum absolute atomic E-state index is 14.0. The topological polar surface area (TPSA) is 57.5 Å². The molecule has 2 aromatic rings. The number of piperidine rings is 1. The lowest BCUT2D eigenvalue weighted by Gasteiger charge is -2.34. The maximum Gasteiger partial charge on any atom is 0.191 e. The summed E-state index contributed by atoms with van der Waals surface area (Å²) in [4.78, 5) is 6.74. The Bertz CT molecular complexity index is 823. The molecule has 0 amide bonds. The first-order chi connectivity index (χ1) is 13.1. The zero-order valence-corrected chi connectivity index (χ0v) is 18.6. The zero-order chi connectivity index (χ0) is 18.8. The van der Waals surface area contributed by atoms with Gasteiger partial charge >= 0.3 is 0 Å². The molecule has 2 heterocycles. The lowest BCUT2D eigenvalue weighted by atomic mass is 10.1. The normalized spacial score (nSPS) is 24.5. The van der Waals surface area contributed by atoms with Crippen LogP contribution in [0.4, 0.5) is 10.1 Å². The fourth-order valence-electron chi connectivity index (χ4n) is 3.91.